The molecule has 1 nitrogen and oxygen atoms in total. The lowest BCUT2D eigenvalue weighted by Crippen LogP contribution is -2.11. The summed E-state index contributed by atoms with van der Waals surface area (Å²) < 4.78 is 0.863. The van der Waals surface area contributed by atoms with E-state index in [-0.39, 0.29) is 6.04 Å². The van der Waals surface area contributed by atoms with Crippen molar-refractivity contribution < 1.29 is 0 Å². The quantitative estimate of drug-likeness (QED) is 0.546. The van der Waals surface area contributed by atoms with Crippen LogP contribution >= 0.6 is 50.7 Å². The van der Waals surface area contributed by atoms with Crippen LogP contribution in [0.4, 0.5) is 5.69 Å². The Morgan fingerprint density at radius 1 is 1.05 bits per heavy atom. The van der Waals surface area contributed by atoms with E-state index in [4.69, 9.17) is 34.8 Å². The highest BCUT2D eigenvalue weighted by atomic mass is 79.9. The minimum atomic E-state index is 0.142. The zero-order valence-corrected chi connectivity index (χ0v) is 15.3. The van der Waals surface area contributed by atoms with Crippen LogP contribution in [0, 0.1) is 0 Å². The van der Waals surface area contributed by atoms with Crippen molar-refractivity contribution in [1.29, 1.82) is 0 Å². The maximum Gasteiger partial charge on any atom is 0.0724 e. The average molecular weight is 408 g/mol. The van der Waals surface area contributed by atoms with E-state index in [0.717, 1.165) is 33.6 Å². The lowest BCUT2D eigenvalue weighted by molar-refractivity contribution is 0.678. The first kappa shape index (κ1) is 17.0. The molecule has 0 saturated heterocycles. The molecular formula is C16H15BrCl3N. The maximum absolute atomic E-state index is 6.29. The predicted molar refractivity (Wildman–Crippen MR) is 96.9 cm³/mol. The van der Waals surface area contributed by atoms with Crippen LogP contribution in [0.15, 0.2) is 40.9 Å². The van der Waals surface area contributed by atoms with E-state index in [1.807, 2.05) is 36.4 Å². The van der Waals surface area contributed by atoms with Gasteiger partial charge in [0.2, 0.25) is 0 Å². The first-order chi connectivity index (χ1) is 10.0. The van der Waals surface area contributed by atoms with Crippen LogP contribution in [0.25, 0.3) is 0 Å². The Morgan fingerprint density at radius 2 is 1.62 bits per heavy atom. The fourth-order valence-corrected chi connectivity index (χ4v) is 3.60. The molecule has 0 aliphatic heterocycles. The molecule has 0 aliphatic rings. The summed E-state index contributed by atoms with van der Waals surface area (Å²) in [6.07, 6.45) is 2.02. The van der Waals surface area contributed by atoms with Crippen molar-refractivity contribution in [2.45, 2.75) is 25.8 Å². The van der Waals surface area contributed by atoms with Gasteiger partial charge in [-0.1, -0.05) is 76.2 Å². The molecule has 0 bridgehead atoms. The van der Waals surface area contributed by atoms with Crippen LogP contribution in [0.3, 0.4) is 0 Å². The van der Waals surface area contributed by atoms with Gasteiger partial charge in [0, 0.05) is 9.50 Å². The monoisotopic (exact) mass is 405 g/mol. The van der Waals surface area contributed by atoms with Crippen molar-refractivity contribution in [3.8, 4) is 0 Å². The topological polar surface area (TPSA) is 12.0 Å². The fourth-order valence-electron chi connectivity index (χ4n) is 2.16. The number of hydrogen-bond donors (Lipinski definition) is 1. The van der Waals surface area contributed by atoms with Crippen molar-refractivity contribution in [3.63, 3.8) is 0 Å². The molecule has 21 heavy (non-hydrogen) atoms. The molecule has 2 aromatic carbocycles. The van der Waals surface area contributed by atoms with E-state index in [2.05, 4.69) is 28.2 Å². The number of anilines is 1. The summed E-state index contributed by atoms with van der Waals surface area (Å²) in [5, 5.41) is 5.38. The molecule has 2 rings (SSSR count). The van der Waals surface area contributed by atoms with Gasteiger partial charge in [-0.05, 0) is 36.2 Å². The van der Waals surface area contributed by atoms with E-state index in [0.29, 0.717) is 10.0 Å². The van der Waals surface area contributed by atoms with E-state index in [1.165, 1.54) is 0 Å². The summed E-state index contributed by atoms with van der Waals surface area (Å²) in [5.41, 5.74) is 1.92. The zero-order chi connectivity index (χ0) is 15.4. The van der Waals surface area contributed by atoms with Gasteiger partial charge >= 0.3 is 0 Å². The normalized spacial score (nSPS) is 12.2. The van der Waals surface area contributed by atoms with Crippen LogP contribution in [0.2, 0.25) is 15.1 Å². The van der Waals surface area contributed by atoms with E-state index >= 15 is 0 Å². The van der Waals surface area contributed by atoms with Gasteiger partial charge in [-0.15, -0.1) is 0 Å². The fraction of sp³-hybridized carbons (Fsp3) is 0.250. The summed E-state index contributed by atoms with van der Waals surface area (Å²) in [6, 6.07) is 11.6. The molecule has 2 aromatic rings. The maximum atomic E-state index is 6.29. The summed E-state index contributed by atoms with van der Waals surface area (Å²) in [6.45, 7) is 2.15. The highest BCUT2D eigenvalue weighted by Gasteiger charge is 2.15. The largest absolute Gasteiger partial charge is 0.376 e. The summed E-state index contributed by atoms with van der Waals surface area (Å²) in [5.74, 6) is 0. The number of rotatable bonds is 5. The van der Waals surface area contributed by atoms with Crippen molar-refractivity contribution in [2.24, 2.45) is 0 Å². The Morgan fingerprint density at radius 3 is 2.14 bits per heavy atom. The van der Waals surface area contributed by atoms with Crippen LogP contribution in [0.1, 0.15) is 31.4 Å². The number of halogens is 4. The summed E-state index contributed by atoms with van der Waals surface area (Å²) >= 11 is 21.9. The second kappa shape index (κ2) is 7.73. The molecule has 0 saturated carbocycles. The summed E-state index contributed by atoms with van der Waals surface area (Å²) in [7, 11) is 0. The molecule has 5 heteroatoms. The van der Waals surface area contributed by atoms with Crippen LogP contribution < -0.4 is 5.32 Å². The van der Waals surface area contributed by atoms with Gasteiger partial charge in [-0.25, -0.2) is 0 Å². The predicted octanol–water partition coefficient (Wildman–Crippen LogP) is 7.36. The number of benzene rings is 2. The molecule has 0 spiro atoms. The van der Waals surface area contributed by atoms with Gasteiger partial charge in [-0.2, -0.15) is 0 Å². The van der Waals surface area contributed by atoms with Crippen LogP contribution in [0.5, 0.6) is 0 Å². The highest BCUT2D eigenvalue weighted by Crippen LogP contribution is 2.37. The molecule has 0 radical (unpaired) electrons. The molecule has 1 unspecified atom stereocenters. The zero-order valence-electron chi connectivity index (χ0n) is 11.5. The van der Waals surface area contributed by atoms with Crippen molar-refractivity contribution in [2.75, 3.05) is 5.32 Å². The highest BCUT2D eigenvalue weighted by molar-refractivity contribution is 9.10. The van der Waals surface area contributed by atoms with Gasteiger partial charge < -0.3 is 5.32 Å². The first-order valence-electron chi connectivity index (χ1n) is 6.67. The second-order valence-corrected chi connectivity index (χ2v) is 6.95. The minimum absolute atomic E-state index is 0.142. The third-order valence-electron chi connectivity index (χ3n) is 3.18. The third-order valence-corrected chi connectivity index (χ3v) is 4.48. The molecule has 112 valence electrons. The van der Waals surface area contributed by atoms with Gasteiger partial charge in [-0.3, -0.25) is 0 Å². The molecule has 0 aromatic heterocycles. The lowest BCUT2D eigenvalue weighted by atomic mass is 10.0. The van der Waals surface area contributed by atoms with Crippen LogP contribution in [-0.2, 0) is 0 Å². The van der Waals surface area contributed by atoms with E-state index in [1.54, 1.807) is 0 Å². The first-order valence-corrected chi connectivity index (χ1v) is 8.60. The van der Waals surface area contributed by atoms with Crippen molar-refractivity contribution >= 4 is 56.4 Å². The smallest absolute Gasteiger partial charge is 0.0724 e. The molecule has 0 amide bonds. The van der Waals surface area contributed by atoms with Crippen LogP contribution in [-0.4, -0.2) is 0 Å². The molecule has 1 atom stereocenters. The van der Waals surface area contributed by atoms with E-state index in [9.17, 15) is 0 Å². The second-order valence-electron chi connectivity index (χ2n) is 4.78. The Hall–Kier alpha value is -0.410. The van der Waals surface area contributed by atoms with Crippen molar-refractivity contribution in [1.82, 2.24) is 0 Å². The molecule has 1 N–H and O–H groups in total. The molecule has 0 aliphatic carbocycles. The Labute approximate surface area is 148 Å². The van der Waals surface area contributed by atoms with E-state index < -0.39 is 0 Å². The molecule has 0 fully saturated rings. The lowest BCUT2D eigenvalue weighted by Gasteiger charge is -2.22. The van der Waals surface area contributed by atoms with Gasteiger partial charge in [0.25, 0.3) is 0 Å². The number of hydrogen-bond acceptors (Lipinski definition) is 1. The van der Waals surface area contributed by atoms with Gasteiger partial charge in [0.1, 0.15) is 0 Å². The SMILES string of the molecule is CCCC(Nc1c(Cl)cc(Br)cc1Cl)c1ccc(Cl)cc1. The Kier molecular flexibility index (Phi) is 6.24. The summed E-state index contributed by atoms with van der Waals surface area (Å²) in [4.78, 5) is 0. The van der Waals surface area contributed by atoms with Gasteiger partial charge in [0.05, 0.1) is 21.8 Å². The standard InChI is InChI=1S/C16H15BrCl3N/c1-2-3-15(10-4-6-12(18)7-5-10)21-16-13(19)8-11(17)9-14(16)20/h4-9,15,21H,2-3H2,1H3. The third kappa shape index (κ3) is 4.53. The molecule has 0 heterocycles. The number of nitrogens with one attached hydrogen (secondary N) is 1. The van der Waals surface area contributed by atoms with Gasteiger partial charge in [0.15, 0.2) is 0 Å². The Bertz CT molecular complexity index is 590. The minimum Gasteiger partial charge on any atom is -0.376 e. The van der Waals surface area contributed by atoms with Crippen molar-refractivity contribution in [3.05, 3.63) is 61.5 Å². The average Bonchev–Trinajstić information content (AvgIpc) is 2.42. The Balaban J connectivity index is 2.30. The molecular weight excluding hydrogens is 392 g/mol.